The standard InChI is InChI=1S/C25H27ClN6OS/c1-30-11-13-31(14-12-30)9-4-10-32-17-27-21-8-7-18(15-22(21)32)16-23-24(33)29-25(34-23)28-20-6-3-2-5-19(20)26/h2-3,5-8,15-17H,4,9-14H2,1H3,(H,28,29,33)/b23-16+. The van der Waals surface area contributed by atoms with E-state index in [2.05, 4.69) is 42.8 Å². The van der Waals surface area contributed by atoms with Crippen LogP contribution in [0, 0.1) is 0 Å². The van der Waals surface area contributed by atoms with Gasteiger partial charge in [0.2, 0.25) is 0 Å². The summed E-state index contributed by atoms with van der Waals surface area (Å²) in [6, 6.07) is 13.4. The van der Waals surface area contributed by atoms with Crippen LogP contribution in [0.25, 0.3) is 17.1 Å². The molecule has 0 spiro atoms. The molecular weight excluding hydrogens is 468 g/mol. The number of hydrogen-bond acceptors (Lipinski definition) is 6. The predicted molar refractivity (Wildman–Crippen MR) is 141 cm³/mol. The lowest BCUT2D eigenvalue weighted by Crippen LogP contribution is -2.44. The minimum absolute atomic E-state index is 0.156. The fraction of sp³-hybridized carbons (Fsp3) is 0.320. The molecule has 3 heterocycles. The van der Waals surface area contributed by atoms with E-state index in [4.69, 9.17) is 11.6 Å². The summed E-state index contributed by atoms with van der Waals surface area (Å²) in [7, 11) is 2.18. The number of amides is 1. The van der Waals surface area contributed by atoms with Crippen molar-refractivity contribution in [3.8, 4) is 0 Å². The summed E-state index contributed by atoms with van der Waals surface area (Å²) in [6.45, 7) is 6.58. The molecule has 2 aliphatic rings. The quantitative estimate of drug-likeness (QED) is 0.520. The number of hydrogen-bond donors (Lipinski definition) is 1. The Morgan fingerprint density at radius 1 is 1.15 bits per heavy atom. The van der Waals surface area contributed by atoms with E-state index >= 15 is 0 Å². The molecule has 0 atom stereocenters. The van der Waals surface area contributed by atoms with Crippen LogP contribution in [-0.2, 0) is 11.3 Å². The third kappa shape index (κ3) is 5.36. The van der Waals surface area contributed by atoms with E-state index in [1.54, 1.807) is 6.07 Å². The monoisotopic (exact) mass is 494 g/mol. The highest BCUT2D eigenvalue weighted by molar-refractivity contribution is 8.18. The highest BCUT2D eigenvalue weighted by Crippen LogP contribution is 2.31. The Labute approximate surface area is 208 Å². The van der Waals surface area contributed by atoms with Crippen molar-refractivity contribution in [1.82, 2.24) is 24.7 Å². The second kappa shape index (κ2) is 10.3. The maximum atomic E-state index is 12.5. The fourth-order valence-corrected chi connectivity index (χ4v) is 5.17. The lowest BCUT2D eigenvalue weighted by atomic mass is 10.2. The Balaban J connectivity index is 1.27. The number of piperazine rings is 1. The van der Waals surface area contributed by atoms with Gasteiger partial charge in [-0.1, -0.05) is 29.8 Å². The average Bonchev–Trinajstić information content (AvgIpc) is 3.39. The number of para-hydroxylation sites is 1. The number of benzene rings is 2. The maximum absolute atomic E-state index is 12.5. The first-order valence-electron chi connectivity index (χ1n) is 11.4. The number of nitrogens with one attached hydrogen (secondary N) is 1. The molecule has 9 heteroatoms. The predicted octanol–water partition coefficient (Wildman–Crippen LogP) is 4.22. The van der Waals surface area contributed by atoms with E-state index in [9.17, 15) is 4.79 Å². The molecule has 2 saturated heterocycles. The summed E-state index contributed by atoms with van der Waals surface area (Å²) in [5.41, 5.74) is 3.65. The Bertz CT molecular complexity index is 1260. The van der Waals surface area contributed by atoms with Gasteiger partial charge in [0.1, 0.15) is 0 Å². The molecule has 176 valence electrons. The van der Waals surface area contributed by atoms with Gasteiger partial charge in [-0.25, -0.2) is 9.98 Å². The van der Waals surface area contributed by atoms with Crippen molar-refractivity contribution in [3.63, 3.8) is 0 Å². The number of halogens is 1. The lowest BCUT2D eigenvalue weighted by Gasteiger charge is -2.32. The Kier molecular flexibility index (Phi) is 7.01. The molecule has 0 unspecified atom stereocenters. The summed E-state index contributed by atoms with van der Waals surface area (Å²) in [6.07, 6.45) is 4.90. The summed E-state index contributed by atoms with van der Waals surface area (Å²) >= 11 is 7.51. The number of aryl methyl sites for hydroxylation is 1. The van der Waals surface area contributed by atoms with Crippen LogP contribution in [0.4, 0.5) is 5.69 Å². The number of imidazole rings is 1. The van der Waals surface area contributed by atoms with Gasteiger partial charge in [-0.05, 0) is 67.7 Å². The fourth-order valence-electron chi connectivity index (χ4n) is 4.16. The van der Waals surface area contributed by atoms with Crippen LogP contribution in [0.3, 0.4) is 0 Å². The van der Waals surface area contributed by atoms with Gasteiger partial charge in [0, 0.05) is 32.7 Å². The zero-order valence-corrected chi connectivity index (χ0v) is 20.6. The minimum atomic E-state index is -0.156. The molecule has 0 bridgehead atoms. The van der Waals surface area contributed by atoms with Gasteiger partial charge >= 0.3 is 0 Å². The van der Waals surface area contributed by atoms with E-state index in [-0.39, 0.29) is 5.91 Å². The van der Waals surface area contributed by atoms with Crippen molar-refractivity contribution in [2.75, 3.05) is 39.8 Å². The Morgan fingerprint density at radius 2 is 1.97 bits per heavy atom. The topological polar surface area (TPSA) is 65.8 Å². The molecule has 34 heavy (non-hydrogen) atoms. The average molecular weight is 495 g/mol. The number of rotatable bonds is 6. The van der Waals surface area contributed by atoms with Crippen molar-refractivity contribution < 1.29 is 4.79 Å². The van der Waals surface area contributed by atoms with Crippen molar-refractivity contribution in [2.45, 2.75) is 13.0 Å². The highest BCUT2D eigenvalue weighted by Gasteiger charge is 2.24. The zero-order chi connectivity index (χ0) is 23.5. The molecule has 0 saturated carbocycles. The number of amidine groups is 1. The second-order valence-corrected chi connectivity index (χ2v) is 10.1. The van der Waals surface area contributed by atoms with Crippen LogP contribution in [0.15, 0.2) is 58.7 Å². The molecule has 2 aliphatic heterocycles. The third-order valence-corrected chi connectivity index (χ3v) is 7.37. The smallest absolute Gasteiger partial charge is 0.264 e. The van der Waals surface area contributed by atoms with E-state index in [0.717, 1.165) is 62.3 Å². The number of thioether (sulfide) groups is 1. The molecule has 3 aromatic rings. The first kappa shape index (κ1) is 23.1. The number of nitrogens with zero attached hydrogens (tertiary/aromatic N) is 5. The normalized spacial score (nSPS) is 20.0. The molecule has 0 radical (unpaired) electrons. The van der Waals surface area contributed by atoms with E-state index in [0.29, 0.717) is 20.8 Å². The van der Waals surface area contributed by atoms with Crippen LogP contribution < -0.4 is 5.32 Å². The minimum Gasteiger partial charge on any atom is -0.331 e. The van der Waals surface area contributed by atoms with Crippen molar-refractivity contribution in [2.24, 2.45) is 4.99 Å². The molecule has 0 aliphatic carbocycles. The largest absolute Gasteiger partial charge is 0.331 e. The van der Waals surface area contributed by atoms with Gasteiger partial charge in [0.05, 0.1) is 33.0 Å². The van der Waals surface area contributed by atoms with Gasteiger partial charge in [-0.3, -0.25) is 4.79 Å². The van der Waals surface area contributed by atoms with E-state index in [1.165, 1.54) is 11.8 Å². The number of aromatic nitrogens is 2. The SMILES string of the molecule is CN1CCN(CCCn2cnc3ccc(/C=C4/SC(=Nc5ccccc5Cl)NC4=O)cc32)CC1. The summed E-state index contributed by atoms with van der Waals surface area (Å²) in [4.78, 5) is 27.1. The first-order chi connectivity index (χ1) is 16.5. The van der Waals surface area contributed by atoms with Crippen molar-refractivity contribution in [3.05, 3.63) is 64.3 Å². The second-order valence-electron chi connectivity index (χ2n) is 8.62. The summed E-state index contributed by atoms with van der Waals surface area (Å²) < 4.78 is 2.21. The van der Waals surface area contributed by atoms with Crippen LogP contribution >= 0.6 is 23.4 Å². The highest BCUT2D eigenvalue weighted by atomic mass is 35.5. The molecular formula is C25H27ClN6OS. The molecule has 1 amide bonds. The van der Waals surface area contributed by atoms with Crippen LogP contribution in [0.1, 0.15) is 12.0 Å². The summed E-state index contributed by atoms with van der Waals surface area (Å²) in [5, 5.41) is 3.90. The molecule has 5 rings (SSSR count). The van der Waals surface area contributed by atoms with E-state index < -0.39 is 0 Å². The number of carbonyl (C=O) groups is 1. The number of aliphatic imine (C=N–C) groups is 1. The van der Waals surface area contributed by atoms with Crippen LogP contribution in [0.5, 0.6) is 0 Å². The molecule has 1 N–H and O–H groups in total. The lowest BCUT2D eigenvalue weighted by molar-refractivity contribution is -0.115. The molecule has 1 aromatic heterocycles. The first-order valence-corrected chi connectivity index (χ1v) is 12.6. The molecule has 2 aromatic carbocycles. The summed E-state index contributed by atoms with van der Waals surface area (Å²) in [5.74, 6) is -0.156. The molecule has 7 nitrogen and oxygen atoms in total. The van der Waals surface area contributed by atoms with Gasteiger partial charge in [-0.15, -0.1) is 0 Å². The van der Waals surface area contributed by atoms with Crippen molar-refractivity contribution in [1.29, 1.82) is 0 Å². The number of fused-ring (bicyclic) bond motifs is 1. The number of carbonyl (C=O) groups excluding carboxylic acids is 1. The van der Waals surface area contributed by atoms with Crippen molar-refractivity contribution >= 4 is 57.2 Å². The third-order valence-electron chi connectivity index (χ3n) is 6.14. The zero-order valence-electron chi connectivity index (χ0n) is 19.1. The van der Waals surface area contributed by atoms with E-state index in [1.807, 2.05) is 42.7 Å². The number of likely N-dealkylation sites (N-methyl/N-ethyl adjacent to an activating group) is 1. The van der Waals surface area contributed by atoms with Crippen LogP contribution in [0.2, 0.25) is 5.02 Å². The van der Waals surface area contributed by atoms with Gasteiger partial charge in [0.25, 0.3) is 5.91 Å². The van der Waals surface area contributed by atoms with Gasteiger partial charge in [-0.2, -0.15) is 0 Å². The maximum Gasteiger partial charge on any atom is 0.264 e. The van der Waals surface area contributed by atoms with Gasteiger partial charge < -0.3 is 19.7 Å². The van der Waals surface area contributed by atoms with Gasteiger partial charge in [0.15, 0.2) is 5.17 Å². The Morgan fingerprint density at radius 3 is 2.79 bits per heavy atom. The molecule has 2 fully saturated rings. The Hall–Kier alpha value is -2.65. The van der Waals surface area contributed by atoms with Crippen LogP contribution in [-0.4, -0.2) is 70.2 Å².